The maximum absolute atomic E-state index is 6.19. The van der Waals surface area contributed by atoms with E-state index >= 15 is 0 Å². The summed E-state index contributed by atoms with van der Waals surface area (Å²) in [5, 5.41) is 0. The molecule has 0 aromatic heterocycles. The average Bonchev–Trinajstić information content (AvgIpc) is 2.50. The zero-order valence-electron chi connectivity index (χ0n) is 14.9. The molecule has 1 saturated carbocycles. The van der Waals surface area contributed by atoms with Crippen LogP contribution in [0.4, 0.5) is 0 Å². The van der Waals surface area contributed by atoms with E-state index in [-0.39, 0.29) is 0 Å². The molecule has 0 N–H and O–H groups in total. The zero-order valence-corrected chi connectivity index (χ0v) is 14.9. The van der Waals surface area contributed by atoms with E-state index < -0.39 is 0 Å². The number of hydrogen-bond donors (Lipinski definition) is 0. The van der Waals surface area contributed by atoms with Crippen LogP contribution in [0.3, 0.4) is 0 Å². The van der Waals surface area contributed by atoms with Crippen molar-refractivity contribution < 1.29 is 4.74 Å². The molecule has 1 atom stereocenters. The standard InChI is InChI=1S/C19H37NO/c1-5-19(3,4)17-9-11-18(12-10-17)21-15-14-20-13-7-6-8-16(20)2/h16-18H,5-15H2,1-4H3. The van der Waals surface area contributed by atoms with Gasteiger partial charge in [-0.25, -0.2) is 0 Å². The van der Waals surface area contributed by atoms with Crippen LogP contribution in [0.1, 0.15) is 79.1 Å². The Morgan fingerprint density at radius 3 is 2.38 bits per heavy atom. The fourth-order valence-electron chi connectivity index (χ4n) is 4.13. The van der Waals surface area contributed by atoms with Gasteiger partial charge in [-0.15, -0.1) is 0 Å². The number of rotatable bonds is 6. The highest BCUT2D eigenvalue weighted by molar-refractivity contribution is 4.83. The summed E-state index contributed by atoms with van der Waals surface area (Å²) in [4.78, 5) is 2.62. The highest BCUT2D eigenvalue weighted by Crippen LogP contribution is 2.40. The van der Waals surface area contributed by atoms with Gasteiger partial charge >= 0.3 is 0 Å². The highest BCUT2D eigenvalue weighted by atomic mass is 16.5. The van der Waals surface area contributed by atoms with Gasteiger partial charge in [0.2, 0.25) is 0 Å². The lowest BCUT2D eigenvalue weighted by atomic mass is 9.69. The maximum Gasteiger partial charge on any atom is 0.0597 e. The van der Waals surface area contributed by atoms with E-state index in [1.807, 2.05) is 0 Å². The first-order chi connectivity index (χ1) is 10.0. The Morgan fingerprint density at radius 2 is 1.76 bits per heavy atom. The van der Waals surface area contributed by atoms with Gasteiger partial charge in [0.05, 0.1) is 12.7 Å². The third-order valence-corrected chi connectivity index (χ3v) is 6.36. The van der Waals surface area contributed by atoms with Gasteiger partial charge in [0.15, 0.2) is 0 Å². The monoisotopic (exact) mass is 295 g/mol. The van der Waals surface area contributed by atoms with Crippen molar-refractivity contribution in [1.29, 1.82) is 0 Å². The van der Waals surface area contributed by atoms with E-state index in [1.165, 1.54) is 57.9 Å². The van der Waals surface area contributed by atoms with E-state index in [1.54, 1.807) is 0 Å². The molecule has 0 amide bonds. The van der Waals surface area contributed by atoms with Crippen LogP contribution < -0.4 is 0 Å². The average molecular weight is 296 g/mol. The molecule has 124 valence electrons. The normalized spacial score (nSPS) is 32.3. The van der Waals surface area contributed by atoms with Gasteiger partial charge in [-0.1, -0.05) is 33.6 Å². The van der Waals surface area contributed by atoms with Gasteiger partial charge < -0.3 is 4.74 Å². The maximum atomic E-state index is 6.19. The fourth-order valence-corrected chi connectivity index (χ4v) is 4.13. The second kappa shape index (κ2) is 7.97. The topological polar surface area (TPSA) is 12.5 Å². The highest BCUT2D eigenvalue weighted by Gasteiger charge is 2.32. The third-order valence-electron chi connectivity index (χ3n) is 6.36. The minimum absolute atomic E-state index is 0.522. The summed E-state index contributed by atoms with van der Waals surface area (Å²) in [5.74, 6) is 0.907. The Balaban J connectivity index is 1.63. The van der Waals surface area contributed by atoms with E-state index in [9.17, 15) is 0 Å². The molecule has 2 rings (SSSR count). The van der Waals surface area contributed by atoms with Crippen LogP contribution in [0, 0.1) is 11.3 Å². The van der Waals surface area contributed by atoms with E-state index in [4.69, 9.17) is 4.74 Å². The second-order valence-corrected chi connectivity index (χ2v) is 8.07. The predicted molar refractivity (Wildman–Crippen MR) is 90.7 cm³/mol. The molecule has 1 unspecified atom stereocenters. The van der Waals surface area contributed by atoms with Crippen molar-refractivity contribution in [2.75, 3.05) is 19.7 Å². The lowest BCUT2D eigenvalue weighted by Crippen LogP contribution is -2.40. The molecule has 21 heavy (non-hydrogen) atoms. The molecule has 0 aromatic rings. The van der Waals surface area contributed by atoms with Gasteiger partial charge in [-0.2, -0.15) is 0 Å². The third kappa shape index (κ3) is 4.96. The molecular weight excluding hydrogens is 258 g/mol. The van der Waals surface area contributed by atoms with Crippen molar-refractivity contribution in [2.45, 2.75) is 91.2 Å². The van der Waals surface area contributed by atoms with Crippen molar-refractivity contribution in [1.82, 2.24) is 4.90 Å². The van der Waals surface area contributed by atoms with Crippen LogP contribution in [-0.2, 0) is 4.74 Å². The molecule has 2 heteroatoms. The Morgan fingerprint density at radius 1 is 1.05 bits per heavy atom. The van der Waals surface area contributed by atoms with Crippen LogP contribution in [0.2, 0.25) is 0 Å². The molecule has 0 aromatic carbocycles. The van der Waals surface area contributed by atoms with Crippen LogP contribution in [0.25, 0.3) is 0 Å². The fraction of sp³-hybridized carbons (Fsp3) is 1.00. The Bertz CT molecular complexity index is 294. The molecule has 1 aliphatic carbocycles. The quantitative estimate of drug-likeness (QED) is 0.693. The molecule has 1 aliphatic heterocycles. The van der Waals surface area contributed by atoms with Crippen molar-refractivity contribution in [3.63, 3.8) is 0 Å². The van der Waals surface area contributed by atoms with Gasteiger partial charge in [0, 0.05) is 12.6 Å². The van der Waals surface area contributed by atoms with Crippen LogP contribution >= 0.6 is 0 Å². The molecule has 1 heterocycles. The zero-order chi connectivity index (χ0) is 15.3. The lowest BCUT2D eigenvalue weighted by molar-refractivity contribution is -0.0133. The molecule has 2 aliphatic rings. The number of piperidine rings is 1. The predicted octanol–water partition coefficient (Wildman–Crippen LogP) is 4.87. The van der Waals surface area contributed by atoms with Gasteiger partial charge in [0.1, 0.15) is 0 Å². The van der Waals surface area contributed by atoms with Crippen molar-refractivity contribution in [2.24, 2.45) is 11.3 Å². The lowest BCUT2D eigenvalue weighted by Gasteiger charge is -2.39. The summed E-state index contributed by atoms with van der Waals surface area (Å²) in [6.07, 6.45) is 11.3. The first-order valence-corrected chi connectivity index (χ1v) is 9.38. The van der Waals surface area contributed by atoms with E-state index in [0.717, 1.165) is 25.1 Å². The van der Waals surface area contributed by atoms with Crippen LogP contribution in [-0.4, -0.2) is 36.7 Å². The molecule has 2 nitrogen and oxygen atoms in total. The van der Waals surface area contributed by atoms with Gasteiger partial charge in [0.25, 0.3) is 0 Å². The Hall–Kier alpha value is -0.0800. The van der Waals surface area contributed by atoms with E-state index in [2.05, 4.69) is 32.6 Å². The second-order valence-electron chi connectivity index (χ2n) is 8.07. The largest absolute Gasteiger partial charge is 0.377 e. The summed E-state index contributed by atoms with van der Waals surface area (Å²) >= 11 is 0. The van der Waals surface area contributed by atoms with Crippen LogP contribution in [0.15, 0.2) is 0 Å². The molecule has 0 radical (unpaired) electrons. The van der Waals surface area contributed by atoms with Gasteiger partial charge in [-0.3, -0.25) is 4.90 Å². The van der Waals surface area contributed by atoms with Gasteiger partial charge in [-0.05, 0) is 63.3 Å². The van der Waals surface area contributed by atoms with Crippen molar-refractivity contribution >= 4 is 0 Å². The summed E-state index contributed by atoms with van der Waals surface area (Å²) in [7, 11) is 0. The van der Waals surface area contributed by atoms with Crippen molar-refractivity contribution in [3.05, 3.63) is 0 Å². The van der Waals surface area contributed by atoms with Crippen molar-refractivity contribution in [3.8, 4) is 0 Å². The van der Waals surface area contributed by atoms with E-state index in [0.29, 0.717) is 11.5 Å². The first-order valence-electron chi connectivity index (χ1n) is 9.38. The molecule has 1 saturated heterocycles. The smallest absolute Gasteiger partial charge is 0.0597 e. The minimum Gasteiger partial charge on any atom is -0.377 e. The number of nitrogens with zero attached hydrogens (tertiary/aromatic N) is 1. The summed E-state index contributed by atoms with van der Waals surface area (Å²) in [5.41, 5.74) is 0.522. The minimum atomic E-state index is 0.522. The summed E-state index contributed by atoms with van der Waals surface area (Å²) in [6.45, 7) is 13.0. The summed E-state index contributed by atoms with van der Waals surface area (Å²) < 4.78 is 6.19. The summed E-state index contributed by atoms with van der Waals surface area (Å²) in [6, 6.07) is 0.767. The van der Waals surface area contributed by atoms with Crippen LogP contribution in [0.5, 0.6) is 0 Å². The molecular formula is C19H37NO. The molecule has 2 fully saturated rings. The molecule has 0 bridgehead atoms. The Labute approximate surface area is 132 Å². The molecule has 0 spiro atoms. The number of likely N-dealkylation sites (tertiary alicyclic amines) is 1. The number of hydrogen-bond acceptors (Lipinski definition) is 2. The Kier molecular flexibility index (Phi) is 6.55. The number of ether oxygens (including phenoxy) is 1. The first kappa shape index (κ1) is 17.3. The SMILES string of the molecule is CCC(C)(C)C1CCC(OCCN2CCCCC2C)CC1.